The van der Waals surface area contributed by atoms with Gasteiger partial charge in [0.1, 0.15) is 17.4 Å². The molecule has 6 N–H and O–H groups in total. The number of ether oxygens (including phenoxy) is 1. The van der Waals surface area contributed by atoms with Gasteiger partial charge in [-0.25, -0.2) is 5.84 Å². The monoisotopic (exact) mass is 288 g/mol. The number of anilines is 4. The first-order valence-corrected chi connectivity index (χ1v) is 6.75. The first kappa shape index (κ1) is 14.9. The maximum Gasteiger partial charge on any atom is 0.223 e. The third-order valence-corrected chi connectivity index (χ3v) is 2.91. The van der Waals surface area contributed by atoms with E-state index in [0.717, 1.165) is 17.9 Å². The molecule has 1 unspecified atom stereocenters. The predicted molar refractivity (Wildman–Crippen MR) is 84.4 cm³/mol. The van der Waals surface area contributed by atoms with Crippen LogP contribution in [0.3, 0.4) is 0 Å². The second-order valence-electron chi connectivity index (χ2n) is 4.63. The average molecular weight is 288 g/mol. The maximum absolute atomic E-state index is 5.78. The van der Waals surface area contributed by atoms with Gasteiger partial charge in [-0.2, -0.15) is 9.97 Å². The number of nitrogen functional groups attached to an aromatic ring is 2. The molecular formula is C14H20N6O. The third kappa shape index (κ3) is 4.22. The molecule has 21 heavy (non-hydrogen) atoms. The van der Waals surface area contributed by atoms with Crippen LogP contribution in [0.2, 0.25) is 0 Å². The molecule has 112 valence electrons. The van der Waals surface area contributed by atoms with Crippen LogP contribution in [0.4, 0.5) is 23.3 Å². The Hall–Kier alpha value is -2.54. The highest BCUT2D eigenvalue weighted by molar-refractivity contribution is 5.61. The van der Waals surface area contributed by atoms with Crippen molar-refractivity contribution in [3.63, 3.8) is 0 Å². The van der Waals surface area contributed by atoms with E-state index in [1.165, 1.54) is 0 Å². The summed E-state index contributed by atoms with van der Waals surface area (Å²) < 4.78 is 5.78. The Labute approximate surface area is 123 Å². The Morgan fingerprint density at radius 1 is 1.24 bits per heavy atom. The molecule has 0 aliphatic heterocycles. The maximum atomic E-state index is 5.78. The predicted octanol–water partition coefficient (Wildman–Crippen LogP) is 2.27. The lowest BCUT2D eigenvalue weighted by Gasteiger charge is -2.14. The number of nitrogens with one attached hydrogen (secondary N) is 2. The van der Waals surface area contributed by atoms with E-state index >= 15 is 0 Å². The first-order valence-electron chi connectivity index (χ1n) is 6.75. The first-order chi connectivity index (χ1) is 10.1. The van der Waals surface area contributed by atoms with E-state index in [2.05, 4.69) is 27.6 Å². The van der Waals surface area contributed by atoms with Crippen molar-refractivity contribution in [2.24, 2.45) is 5.84 Å². The quantitative estimate of drug-likeness (QED) is 0.476. The molecule has 0 amide bonds. The fourth-order valence-electron chi connectivity index (χ4n) is 1.71. The van der Waals surface area contributed by atoms with Crippen LogP contribution in [-0.4, -0.2) is 16.1 Å². The fraction of sp³-hybridized carbons (Fsp3) is 0.286. The lowest BCUT2D eigenvalue weighted by molar-refractivity contribution is 0.217. The topological polar surface area (TPSA) is 111 Å². The largest absolute Gasteiger partial charge is 0.491 e. The number of hydrogen-bond acceptors (Lipinski definition) is 7. The molecule has 0 aliphatic carbocycles. The number of benzene rings is 1. The summed E-state index contributed by atoms with van der Waals surface area (Å²) in [4.78, 5) is 8.03. The Bertz CT molecular complexity index is 604. The minimum absolute atomic E-state index is 0.139. The minimum Gasteiger partial charge on any atom is -0.491 e. The van der Waals surface area contributed by atoms with Crippen LogP contribution in [0.25, 0.3) is 0 Å². The molecule has 1 aromatic heterocycles. The average Bonchev–Trinajstić information content (AvgIpc) is 2.46. The molecule has 0 saturated heterocycles. The third-order valence-electron chi connectivity index (χ3n) is 2.91. The number of hydrogen-bond donors (Lipinski definition) is 4. The molecule has 1 heterocycles. The molecule has 0 saturated carbocycles. The summed E-state index contributed by atoms with van der Waals surface area (Å²) in [6, 6.07) is 9.31. The van der Waals surface area contributed by atoms with E-state index in [1.807, 2.05) is 31.2 Å². The van der Waals surface area contributed by atoms with E-state index in [0.29, 0.717) is 11.6 Å². The van der Waals surface area contributed by atoms with Crippen molar-refractivity contribution in [3.05, 3.63) is 30.3 Å². The highest BCUT2D eigenvalue weighted by atomic mass is 16.5. The van der Waals surface area contributed by atoms with Crippen LogP contribution in [0.1, 0.15) is 20.3 Å². The van der Waals surface area contributed by atoms with Crippen molar-refractivity contribution in [3.8, 4) is 5.75 Å². The lowest BCUT2D eigenvalue weighted by atomic mass is 10.2. The summed E-state index contributed by atoms with van der Waals surface area (Å²) in [6.45, 7) is 4.11. The van der Waals surface area contributed by atoms with Crippen molar-refractivity contribution in [2.45, 2.75) is 26.4 Å². The number of hydrazine groups is 1. The molecule has 2 aromatic rings. The van der Waals surface area contributed by atoms with Crippen molar-refractivity contribution in [1.82, 2.24) is 9.97 Å². The second kappa shape index (κ2) is 6.76. The zero-order chi connectivity index (χ0) is 15.2. The van der Waals surface area contributed by atoms with Crippen LogP contribution in [-0.2, 0) is 0 Å². The molecule has 2 rings (SSSR count). The van der Waals surface area contributed by atoms with Crippen LogP contribution >= 0.6 is 0 Å². The van der Waals surface area contributed by atoms with Gasteiger partial charge < -0.3 is 21.2 Å². The summed E-state index contributed by atoms with van der Waals surface area (Å²) in [7, 11) is 0. The van der Waals surface area contributed by atoms with E-state index in [4.69, 9.17) is 16.3 Å². The van der Waals surface area contributed by atoms with E-state index in [-0.39, 0.29) is 12.1 Å². The van der Waals surface area contributed by atoms with Gasteiger partial charge in [0, 0.05) is 17.8 Å². The van der Waals surface area contributed by atoms with Gasteiger partial charge in [0.05, 0.1) is 6.10 Å². The number of nitrogens with two attached hydrogens (primary N) is 2. The van der Waals surface area contributed by atoms with Gasteiger partial charge in [-0.05, 0) is 25.5 Å². The molecule has 7 nitrogen and oxygen atoms in total. The number of aromatic nitrogens is 2. The van der Waals surface area contributed by atoms with Crippen molar-refractivity contribution in [1.29, 1.82) is 0 Å². The van der Waals surface area contributed by atoms with Gasteiger partial charge in [-0.3, -0.25) is 0 Å². The molecule has 0 spiro atoms. The van der Waals surface area contributed by atoms with Crippen molar-refractivity contribution < 1.29 is 4.74 Å². The molecule has 1 aromatic carbocycles. The second-order valence-corrected chi connectivity index (χ2v) is 4.63. The van der Waals surface area contributed by atoms with Crippen molar-refractivity contribution in [2.75, 3.05) is 16.5 Å². The Morgan fingerprint density at radius 2 is 2.00 bits per heavy atom. The van der Waals surface area contributed by atoms with Crippen LogP contribution in [0.15, 0.2) is 30.3 Å². The Kier molecular flexibility index (Phi) is 4.78. The van der Waals surface area contributed by atoms with Gasteiger partial charge in [0.25, 0.3) is 0 Å². The van der Waals surface area contributed by atoms with Gasteiger partial charge in [0.2, 0.25) is 5.95 Å². The molecule has 1 atom stereocenters. The summed E-state index contributed by atoms with van der Waals surface area (Å²) in [5.41, 5.74) is 8.91. The van der Waals surface area contributed by atoms with Crippen LogP contribution in [0, 0.1) is 0 Å². The van der Waals surface area contributed by atoms with E-state index in [1.54, 1.807) is 6.07 Å². The summed E-state index contributed by atoms with van der Waals surface area (Å²) in [6.07, 6.45) is 1.12. The summed E-state index contributed by atoms with van der Waals surface area (Å²) >= 11 is 0. The summed E-state index contributed by atoms with van der Waals surface area (Å²) in [5.74, 6) is 7.26. The minimum atomic E-state index is 0.139. The molecule has 0 radical (unpaired) electrons. The van der Waals surface area contributed by atoms with Gasteiger partial charge in [0.15, 0.2) is 0 Å². The lowest BCUT2D eigenvalue weighted by Crippen LogP contribution is -2.11. The van der Waals surface area contributed by atoms with Crippen molar-refractivity contribution >= 4 is 23.3 Å². The van der Waals surface area contributed by atoms with Crippen LogP contribution in [0.5, 0.6) is 5.75 Å². The Morgan fingerprint density at radius 3 is 2.71 bits per heavy atom. The van der Waals surface area contributed by atoms with Gasteiger partial charge in [-0.15, -0.1) is 0 Å². The van der Waals surface area contributed by atoms with E-state index in [9.17, 15) is 0 Å². The molecular weight excluding hydrogens is 268 g/mol. The molecule has 7 heteroatoms. The normalized spacial score (nSPS) is 11.8. The zero-order valence-electron chi connectivity index (χ0n) is 12.1. The molecule has 0 aliphatic rings. The standard InChI is InChI=1S/C14H20N6O/c1-3-9(2)21-11-6-4-5-10(7-11)17-12-8-13(20-16)19-14(15)18-12/h4-9H,3,16H2,1-2H3,(H4,15,17,18,19,20). The number of nitrogens with zero attached hydrogens (tertiary/aromatic N) is 2. The summed E-state index contributed by atoms with van der Waals surface area (Å²) in [5, 5.41) is 3.14. The fourth-order valence-corrected chi connectivity index (χ4v) is 1.71. The highest BCUT2D eigenvalue weighted by Gasteiger charge is 2.05. The highest BCUT2D eigenvalue weighted by Crippen LogP contribution is 2.23. The zero-order valence-corrected chi connectivity index (χ0v) is 12.1. The van der Waals surface area contributed by atoms with Crippen LogP contribution < -0.4 is 27.1 Å². The van der Waals surface area contributed by atoms with Gasteiger partial charge >= 0.3 is 0 Å². The number of rotatable bonds is 6. The smallest absolute Gasteiger partial charge is 0.223 e. The molecule has 0 fully saturated rings. The van der Waals surface area contributed by atoms with E-state index < -0.39 is 0 Å². The SMILES string of the molecule is CCC(C)Oc1cccc(Nc2cc(NN)nc(N)n2)c1. The van der Waals surface area contributed by atoms with Gasteiger partial charge in [-0.1, -0.05) is 13.0 Å². The molecule has 0 bridgehead atoms. The Balaban J connectivity index is 2.16.